The molecule has 1 aliphatic carbocycles. The Morgan fingerprint density at radius 3 is 2.42 bits per heavy atom. The number of amides is 1. The van der Waals surface area contributed by atoms with Gasteiger partial charge in [-0.1, -0.05) is 18.2 Å². The summed E-state index contributed by atoms with van der Waals surface area (Å²) in [6.07, 6.45) is 3.36. The Balaban J connectivity index is 1.30. The molecule has 1 aliphatic heterocycles. The van der Waals surface area contributed by atoms with E-state index in [-0.39, 0.29) is 23.6 Å². The maximum atomic E-state index is 12.6. The van der Waals surface area contributed by atoms with Crippen molar-refractivity contribution in [2.75, 3.05) is 55.8 Å². The number of carbonyl (C=O) groups excluding carboxylic acids is 1. The van der Waals surface area contributed by atoms with Crippen LogP contribution in [0, 0.1) is 5.92 Å². The van der Waals surface area contributed by atoms with E-state index in [0.717, 1.165) is 57.4 Å². The number of hydrogen-bond donors (Lipinski definition) is 4. The Labute approximate surface area is 194 Å². The zero-order chi connectivity index (χ0) is 23.2. The standard InChI is InChI=1S/C23H34N8O2/c1-24-21-27-22(29-23(28-21)31-13-11-30(2)12-14-31)26-18-9-7-16(8-10-18)20(33)25-15-17-5-3-4-6-19(17)32/h3-6,16,18,32H,7-15H2,1-2H3,(H,25,33)(H2,24,26,27,28,29)/t16-,18+. The van der Waals surface area contributed by atoms with Gasteiger partial charge < -0.3 is 30.9 Å². The predicted molar refractivity (Wildman–Crippen MR) is 128 cm³/mol. The van der Waals surface area contributed by atoms with Crippen LogP contribution in [-0.4, -0.2) is 77.2 Å². The summed E-state index contributed by atoms with van der Waals surface area (Å²) >= 11 is 0. The van der Waals surface area contributed by atoms with Crippen LogP contribution in [0.15, 0.2) is 24.3 Å². The number of rotatable bonds is 7. The molecule has 10 nitrogen and oxygen atoms in total. The van der Waals surface area contributed by atoms with Gasteiger partial charge in [-0.3, -0.25) is 4.79 Å². The Morgan fingerprint density at radius 2 is 1.73 bits per heavy atom. The lowest BCUT2D eigenvalue weighted by Crippen LogP contribution is -2.45. The second-order valence-electron chi connectivity index (χ2n) is 8.86. The lowest BCUT2D eigenvalue weighted by Gasteiger charge is -2.33. The molecule has 4 rings (SSSR count). The number of hydrogen-bond acceptors (Lipinski definition) is 9. The highest BCUT2D eigenvalue weighted by atomic mass is 16.3. The number of phenols is 1. The highest BCUT2D eigenvalue weighted by Gasteiger charge is 2.27. The molecule has 33 heavy (non-hydrogen) atoms. The Bertz CT molecular complexity index is 940. The summed E-state index contributed by atoms with van der Waals surface area (Å²) in [6.45, 7) is 4.10. The van der Waals surface area contributed by atoms with Crippen LogP contribution >= 0.6 is 0 Å². The lowest BCUT2D eigenvalue weighted by atomic mass is 9.85. The lowest BCUT2D eigenvalue weighted by molar-refractivity contribution is -0.126. The number of para-hydroxylation sites is 1. The molecule has 0 atom stereocenters. The van der Waals surface area contributed by atoms with Gasteiger partial charge in [0.25, 0.3) is 0 Å². The molecule has 0 bridgehead atoms. The van der Waals surface area contributed by atoms with Crippen molar-refractivity contribution in [1.29, 1.82) is 0 Å². The van der Waals surface area contributed by atoms with Crippen LogP contribution in [0.1, 0.15) is 31.2 Å². The van der Waals surface area contributed by atoms with E-state index in [2.05, 4.69) is 47.7 Å². The van der Waals surface area contributed by atoms with Gasteiger partial charge in [-0.25, -0.2) is 0 Å². The number of piperazine rings is 1. The number of nitrogens with one attached hydrogen (secondary N) is 3. The summed E-state index contributed by atoms with van der Waals surface area (Å²) < 4.78 is 0. The number of aromatic hydroxyl groups is 1. The van der Waals surface area contributed by atoms with Crippen molar-refractivity contribution in [3.8, 4) is 5.75 Å². The molecule has 4 N–H and O–H groups in total. The number of anilines is 3. The van der Waals surface area contributed by atoms with Gasteiger partial charge in [0.1, 0.15) is 5.75 Å². The first kappa shape index (κ1) is 23.0. The SMILES string of the molecule is CNc1nc(N[C@H]2CC[C@@H](C(=O)NCc3ccccc3O)CC2)nc(N2CCN(C)CC2)n1. The molecule has 1 saturated heterocycles. The Hall–Kier alpha value is -3.14. The van der Waals surface area contributed by atoms with Gasteiger partial charge in [-0.05, 0) is 38.8 Å². The van der Waals surface area contributed by atoms with E-state index in [4.69, 9.17) is 0 Å². The number of aromatic nitrogens is 3. The Morgan fingerprint density at radius 1 is 1.03 bits per heavy atom. The third-order valence-electron chi connectivity index (χ3n) is 6.51. The predicted octanol–water partition coefficient (Wildman–Crippen LogP) is 1.66. The largest absolute Gasteiger partial charge is 0.508 e. The molecule has 2 aliphatic rings. The zero-order valence-electron chi connectivity index (χ0n) is 19.4. The second-order valence-corrected chi connectivity index (χ2v) is 8.86. The van der Waals surface area contributed by atoms with Gasteiger partial charge in [0.15, 0.2) is 0 Å². The molecular formula is C23H34N8O2. The smallest absolute Gasteiger partial charge is 0.232 e. The third-order valence-corrected chi connectivity index (χ3v) is 6.51. The number of carbonyl (C=O) groups is 1. The summed E-state index contributed by atoms with van der Waals surface area (Å²) in [5, 5.41) is 19.3. The fraction of sp³-hybridized carbons (Fsp3) is 0.565. The molecule has 1 saturated carbocycles. The van der Waals surface area contributed by atoms with Crippen LogP contribution in [0.25, 0.3) is 0 Å². The van der Waals surface area contributed by atoms with Crippen molar-refractivity contribution in [3.63, 3.8) is 0 Å². The first-order chi connectivity index (χ1) is 16.0. The molecule has 1 aromatic carbocycles. The van der Waals surface area contributed by atoms with Gasteiger partial charge in [-0.15, -0.1) is 0 Å². The molecule has 0 spiro atoms. The molecule has 0 unspecified atom stereocenters. The summed E-state index contributed by atoms with van der Waals surface area (Å²) in [5.41, 5.74) is 0.729. The number of nitrogens with zero attached hydrogens (tertiary/aromatic N) is 5. The molecule has 2 fully saturated rings. The van der Waals surface area contributed by atoms with Crippen LogP contribution in [0.5, 0.6) is 5.75 Å². The Kier molecular flexibility index (Phi) is 7.43. The van der Waals surface area contributed by atoms with Crippen LogP contribution < -0.4 is 20.9 Å². The quantitative estimate of drug-likeness (QED) is 0.495. The molecule has 1 amide bonds. The van der Waals surface area contributed by atoms with Crippen molar-refractivity contribution < 1.29 is 9.90 Å². The second kappa shape index (κ2) is 10.7. The van der Waals surface area contributed by atoms with Crippen molar-refractivity contribution in [1.82, 2.24) is 25.2 Å². The maximum Gasteiger partial charge on any atom is 0.232 e. The molecule has 2 heterocycles. The number of likely N-dealkylation sites (N-methyl/N-ethyl adjacent to an activating group) is 1. The van der Waals surface area contributed by atoms with E-state index in [1.165, 1.54) is 0 Å². The topological polar surface area (TPSA) is 119 Å². The van der Waals surface area contributed by atoms with Crippen molar-refractivity contribution in [2.45, 2.75) is 38.3 Å². The van der Waals surface area contributed by atoms with Gasteiger partial charge in [0, 0.05) is 57.3 Å². The van der Waals surface area contributed by atoms with Gasteiger partial charge in [-0.2, -0.15) is 15.0 Å². The zero-order valence-corrected chi connectivity index (χ0v) is 19.4. The van der Waals surface area contributed by atoms with Gasteiger partial charge >= 0.3 is 0 Å². The third kappa shape index (κ3) is 6.01. The average molecular weight is 455 g/mol. The molecule has 2 aromatic rings. The molecule has 0 radical (unpaired) electrons. The van der Waals surface area contributed by atoms with E-state index < -0.39 is 0 Å². The monoisotopic (exact) mass is 454 g/mol. The molecular weight excluding hydrogens is 420 g/mol. The van der Waals surface area contributed by atoms with E-state index in [0.29, 0.717) is 24.4 Å². The van der Waals surface area contributed by atoms with Crippen molar-refractivity contribution >= 4 is 23.8 Å². The van der Waals surface area contributed by atoms with Crippen LogP contribution in [0.3, 0.4) is 0 Å². The van der Waals surface area contributed by atoms with E-state index in [1.807, 2.05) is 19.2 Å². The first-order valence-electron chi connectivity index (χ1n) is 11.7. The minimum Gasteiger partial charge on any atom is -0.508 e. The average Bonchev–Trinajstić information content (AvgIpc) is 2.84. The summed E-state index contributed by atoms with van der Waals surface area (Å²) in [7, 11) is 3.94. The fourth-order valence-corrected chi connectivity index (χ4v) is 4.36. The van der Waals surface area contributed by atoms with E-state index in [1.54, 1.807) is 12.1 Å². The number of benzene rings is 1. The van der Waals surface area contributed by atoms with Crippen molar-refractivity contribution in [2.24, 2.45) is 5.92 Å². The van der Waals surface area contributed by atoms with Crippen LogP contribution in [0.4, 0.5) is 17.8 Å². The maximum absolute atomic E-state index is 12.6. The molecule has 10 heteroatoms. The van der Waals surface area contributed by atoms with Gasteiger partial charge in [0.05, 0.1) is 0 Å². The first-order valence-corrected chi connectivity index (χ1v) is 11.7. The van der Waals surface area contributed by atoms with Crippen LogP contribution in [-0.2, 0) is 11.3 Å². The summed E-state index contributed by atoms with van der Waals surface area (Å²) in [4.78, 5) is 30.8. The minimum absolute atomic E-state index is 0.0129. The highest BCUT2D eigenvalue weighted by molar-refractivity contribution is 5.78. The number of phenolic OH excluding ortho intramolecular Hbond substituents is 1. The van der Waals surface area contributed by atoms with E-state index >= 15 is 0 Å². The summed E-state index contributed by atoms with van der Waals surface area (Å²) in [6, 6.07) is 7.30. The van der Waals surface area contributed by atoms with E-state index in [9.17, 15) is 9.90 Å². The normalized spacial score (nSPS) is 21.5. The summed E-state index contributed by atoms with van der Waals surface area (Å²) in [5.74, 6) is 2.07. The molecule has 1 aromatic heterocycles. The van der Waals surface area contributed by atoms with Gasteiger partial charge in [0.2, 0.25) is 23.8 Å². The van der Waals surface area contributed by atoms with Crippen molar-refractivity contribution in [3.05, 3.63) is 29.8 Å². The fourth-order valence-electron chi connectivity index (χ4n) is 4.36. The molecule has 178 valence electrons. The van der Waals surface area contributed by atoms with Crippen LogP contribution in [0.2, 0.25) is 0 Å². The minimum atomic E-state index is -0.0129. The highest BCUT2D eigenvalue weighted by Crippen LogP contribution is 2.27.